The topological polar surface area (TPSA) is 58.6 Å². The van der Waals surface area contributed by atoms with Crippen molar-refractivity contribution in [3.8, 4) is 0 Å². The third kappa shape index (κ3) is 5.67. The molecule has 2 atom stereocenters. The molecule has 2 aromatic carbocycles. The maximum atomic E-state index is 13.0. The first-order valence-corrected chi connectivity index (χ1v) is 10.4. The maximum absolute atomic E-state index is 13.0. The molecule has 0 radical (unpaired) electrons. The van der Waals surface area contributed by atoms with Crippen LogP contribution in [0.15, 0.2) is 54.6 Å². The Labute approximate surface area is 173 Å². The number of hydrogen-bond donors (Lipinski definition) is 1. The van der Waals surface area contributed by atoms with Crippen LogP contribution in [0, 0.1) is 0 Å². The number of carbonyl (C=O) groups excluding carboxylic acids is 2. The van der Waals surface area contributed by atoms with E-state index in [9.17, 15) is 9.59 Å². The summed E-state index contributed by atoms with van der Waals surface area (Å²) in [6, 6.07) is 17.3. The van der Waals surface area contributed by atoms with E-state index in [-0.39, 0.29) is 11.9 Å². The van der Waals surface area contributed by atoms with Crippen molar-refractivity contribution < 1.29 is 14.3 Å². The highest BCUT2D eigenvalue weighted by molar-refractivity contribution is 5.83. The van der Waals surface area contributed by atoms with Gasteiger partial charge in [0.05, 0.1) is 12.6 Å². The summed E-state index contributed by atoms with van der Waals surface area (Å²) in [5, 5.41) is 3.23. The molecule has 0 spiro atoms. The summed E-state index contributed by atoms with van der Waals surface area (Å²) in [7, 11) is 0. The van der Waals surface area contributed by atoms with Crippen LogP contribution in [0.4, 0.5) is 0 Å². The minimum atomic E-state index is -0.508. The van der Waals surface area contributed by atoms with E-state index in [1.54, 1.807) is 6.92 Å². The van der Waals surface area contributed by atoms with E-state index in [0.29, 0.717) is 26.1 Å². The summed E-state index contributed by atoms with van der Waals surface area (Å²) >= 11 is 0. The van der Waals surface area contributed by atoms with Gasteiger partial charge in [-0.15, -0.1) is 0 Å². The van der Waals surface area contributed by atoms with Crippen molar-refractivity contribution in [3.05, 3.63) is 71.3 Å². The number of fused-ring (bicyclic) bond motifs is 1. The van der Waals surface area contributed by atoms with Crippen molar-refractivity contribution in [1.82, 2.24) is 10.2 Å². The average Bonchev–Trinajstić information content (AvgIpc) is 2.76. The second-order valence-electron chi connectivity index (χ2n) is 7.50. The highest BCUT2D eigenvalue weighted by Gasteiger charge is 2.28. The van der Waals surface area contributed by atoms with E-state index in [0.717, 1.165) is 18.4 Å². The highest BCUT2D eigenvalue weighted by Crippen LogP contribution is 2.19. The van der Waals surface area contributed by atoms with Crippen molar-refractivity contribution in [3.63, 3.8) is 0 Å². The minimum Gasteiger partial charge on any atom is -0.465 e. The number of aryl methyl sites for hydroxylation is 1. The van der Waals surface area contributed by atoms with Gasteiger partial charge < -0.3 is 9.64 Å². The fraction of sp³-hybridized carbons (Fsp3) is 0.417. The zero-order valence-electron chi connectivity index (χ0n) is 17.3. The summed E-state index contributed by atoms with van der Waals surface area (Å²) in [5.74, 6) is -0.277. The van der Waals surface area contributed by atoms with Crippen LogP contribution in [0.1, 0.15) is 37.0 Å². The second-order valence-corrected chi connectivity index (χ2v) is 7.50. The molecule has 3 rings (SSSR count). The number of rotatable bonds is 8. The Morgan fingerprint density at radius 2 is 1.76 bits per heavy atom. The molecular formula is C24H30N2O3. The minimum absolute atomic E-state index is 0.0218. The van der Waals surface area contributed by atoms with Gasteiger partial charge in [0, 0.05) is 13.1 Å². The zero-order chi connectivity index (χ0) is 20.6. The Hall–Kier alpha value is -2.66. The molecule has 0 saturated heterocycles. The van der Waals surface area contributed by atoms with Gasteiger partial charge >= 0.3 is 5.97 Å². The molecule has 1 aliphatic rings. The summed E-state index contributed by atoms with van der Waals surface area (Å²) < 4.78 is 5.24. The Kier molecular flexibility index (Phi) is 7.42. The molecule has 1 amide bonds. The van der Waals surface area contributed by atoms with Gasteiger partial charge in [0.25, 0.3) is 0 Å². The third-order valence-corrected chi connectivity index (χ3v) is 5.40. The Balaban J connectivity index is 1.61. The molecule has 1 heterocycles. The van der Waals surface area contributed by atoms with E-state index < -0.39 is 12.1 Å². The SMILES string of the molecule is CCOC(=O)[C@H](CCc1ccccc1)N[C@@H](C)C(=O)N1CCc2ccccc2C1. The Morgan fingerprint density at radius 3 is 2.48 bits per heavy atom. The number of benzene rings is 2. The van der Waals surface area contributed by atoms with Gasteiger partial charge in [-0.1, -0.05) is 54.6 Å². The van der Waals surface area contributed by atoms with Gasteiger partial charge in [-0.25, -0.2) is 0 Å². The lowest BCUT2D eigenvalue weighted by Crippen LogP contribution is -2.52. The predicted octanol–water partition coefficient (Wildman–Crippen LogP) is 3.11. The fourth-order valence-corrected chi connectivity index (χ4v) is 3.80. The van der Waals surface area contributed by atoms with Gasteiger partial charge in [0.2, 0.25) is 5.91 Å². The number of nitrogens with zero attached hydrogens (tertiary/aromatic N) is 1. The lowest BCUT2D eigenvalue weighted by atomic mass is 9.99. The van der Waals surface area contributed by atoms with Crippen LogP contribution >= 0.6 is 0 Å². The van der Waals surface area contributed by atoms with Crippen molar-refractivity contribution >= 4 is 11.9 Å². The van der Waals surface area contributed by atoms with Crippen molar-refractivity contribution in [2.75, 3.05) is 13.2 Å². The van der Waals surface area contributed by atoms with Crippen LogP contribution < -0.4 is 5.32 Å². The molecule has 0 saturated carbocycles. The largest absolute Gasteiger partial charge is 0.465 e. The molecule has 0 unspecified atom stereocenters. The molecule has 29 heavy (non-hydrogen) atoms. The molecule has 0 bridgehead atoms. The predicted molar refractivity (Wildman–Crippen MR) is 113 cm³/mol. The lowest BCUT2D eigenvalue weighted by molar-refractivity contribution is -0.146. The third-order valence-electron chi connectivity index (χ3n) is 5.40. The molecular weight excluding hydrogens is 364 g/mol. The Morgan fingerprint density at radius 1 is 1.07 bits per heavy atom. The lowest BCUT2D eigenvalue weighted by Gasteiger charge is -2.32. The number of hydrogen-bond acceptors (Lipinski definition) is 4. The first-order valence-electron chi connectivity index (χ1n) is 10.4. The number of carbonyl (C=O) groups is 2. The van der Waals surface area contributed by atoms with E-state index in [1.165, 1.54) is 11.1 Å². The summed E-state index contributed by atoms with van der Waals surface area (Å²) in [4.78, 5) is 27.3. The van der Waals surface area contributed by atoms with E-state index in [2.05, 4.69) is 17.4 Å². The van der Waals surface area contributed by atoms with Gasteiger partial charge in [-0.3, -0.25) is 14.9 Å². The van der Waals surface area contributed by atoms with Gasteiger partial charge in [0.15, 0.2) is 0 Å². The first-order chi connectivity index (χ1) is 14.1. The molecule has 1 N–H and O–H groups in total. The van der Waals surface area contributed by atoms with Crippen LogP contribution in [0.2, 0.25) is 0 Å². The van der Waals surface area contributed by atoms with E-state index in [4.69, 9.17) is 4.74 Å². The van der Waals surface area contributed by atoms with Crippen molar-refractivity contribution in [2.24, 2.45) is 0 Å². The number of nitrogens with one attached hydrogen (secondary N) is 1. The smallest absolute Gasteiger partial charge is 0.323 e. The first kappa shape index (κ1) is 21.1. The molecule has 2 aromatic rings. The van der Waals surface area contributed by atoms with Gasteiger partial charge in [-0.05, 0) is 49.8 Å². The summed E-state index contributed by atoms with van der Waals surface area (Å²) in [6.45, 7) is 5.28. The fourth-order valence-electron chi connectivity index (χ4n) is 3.80. The van der Waals surface area contributed by atoms with E-state index >= 15 is 0 Å². The highest BCUT2D eigenvalue weighted by atomic mass is 16.5. The van der Waals surface area contributed by atoms with Gasteiger partial charge in [0.1, 0.15) is 6.04 Å². The maximum Gasteiger partial charge on any atom is 0.323 e. The van der Waals surface area contributed by atoms with Crippen LogP contribution in [0.25, 0.3) is 0 Å². The second kappa shape index (κ2) is 10.2. The quantitative estimate of drug-likeness (QED) is 0.699. The van der Waals surface area contributed by atoms with Crippen LogP contribution in [0.5, 0.6) is 0 Å². The van der Waals surface area contributed by atoms with Gasteiger partial charge in [-0.2, -0.15) is 0 Å². The Bertz CT molecular complexity index is 822. The number of esters is 1. The normalized spacial score (nSPS) is 15.3. The summed E-state index contributed by atoms with van der Waals surface area (Å²) in [6.07, 6.45) is 2.20. The molecule has 1 aliphatic heterocycles. The molecule has 5 heteroatoms. The molecule has 0 aliphatic carbocycles. The van der Waals surface area contributed by atoms with E-state index in [1.807, 2.05) is 54.3 Å². The standard InChI is InChI=1S/C24H30N2O3/c1-3-29-24(28)22(14-13-19-9-5-4-6-10-19)25-18(2)23(27)26-16-15-20-11-7-8-12-21(20)17-26/h4-12,18,22,25H,3,13-17H2,1-2H3/t18-,22-/m0/s1. The summed E-state index contributed by atoms with van der Waals surface area (Å²) in [5.41, 5.74) is 3.67. The number of amides is 1. The van der Waals surface area contributed by atoms with Crippen LogP contribution in [-0.4, -0.2) is 42.0 Å². The van der Waals surface area contributed by atoms with Crippen molar-refractivity contribution in [2.45, 2.75) is 51.7 Å². The zero-order valence-corrected chi connectivity index (χ0v) is 17.3. The number of ether oxygens (including phenoxy) is 1. The van der Waals surface area contributed by atoms with Crippen molar-refractivity contribution in [1.29, 1.82) is 0 Å². The van der Waals surface area contributed by atoms with Crippen LogP contribution in [-0.2, 0) is 33.7 Å². The molecule has 0 aromatic heterocycles. The van der Waals surface area contributed by atoms with Crippen LogP contribution in [0.3, 0.4) is 0 Å². The molecule has 154 valence electrons. The average molecular weight is 395 g/mol. The monoisotopic (exact) mass is 394 g/mol. The molecule has 5 nitrogen and oxygen atoms in total. The molecule has 0 fully saturated rings.